The van der Waals surface area contributed by atoms with Gasteiger partial charge in [-0.3, -0.25) is 0 Å². The number of hydrogen-bond donors (Lipinski definition) is 0. The third-order valence-electron chi connectivity index (χ3n) is 3.60. The van der Waals surface area contributed by atoms with Gasteiger partial charge in [0.05, 0.1) is 16.3 Å². The molecular weight excluding hydrogens is 294 g/mol. The summed E-state index contributed by atoms with van der Waals surface area (Å²) in [6.07, 6.45) is 1.93. The third kappa shape index (κ3) is 3.89. The number of sulfone groups is 1. The number of anilines is 1. The lowest BCUT2D eigenvalue weighted by Gasteiger charge is -2.33. The molecule has 0 fully saturated rings. The summed E-state index contributed by atoms with van der Waals surface area (Å²) in [7, 11) is -3.23. The van der Waals surface area contributed by atoms with Crippen molar-refractivity contribution in [3.63, 3.8) is 0 Å². The molecule has 0 aromatic heterocycles. The number of para-hydroxylation sites is 1. The van der Waals surface area contributed by atoms with Gasteiger partial charge in [-0.15, -0.1) is 11.6 Å². The van der Waals surface area contributed by atoms with Crippen molar-refractivity contribution in [2.24, 2.45) is 0 Å². The highest BCUT2D eigenvalue weighted by Crippen LogP contribution is 2.29. The van der Waals surface area contributed by atoms with Crippen LogP contribution in [0.2, 0.25) is 0 Å². The molecule has 0 spiro atoms. The Hall–Kier alpha value is -0.740. The number of nitrogens with zero attached hydrogens (tertiary/aromatic N) is 1. The highest BCUT2D eigenvalue weighted by molar-refractivity contribution is 7.91. The Balaban J connectivity index is 3.34. The van der Waals surface area contributed by atoms with Crippen molar-refractivity contribution in [1.82, 2.24) is 0 Å². The Morgan fingerprint density at radius 2 is 1.75 bits per heavy atom. The summed E-state index contributed by atoms with van der Waals surface area (Å²) in [5.41, 5.74) is 0.781. The first-order chi connectivity index (χ1) is 9.51. The average molecular weight is 318 g/mol. The van der Waals surface area contributed by atoms with Crippen molar-refractivity contribution in [2.75, 3.05) is 23.1 Å². The van der Waals surface area contributed by atoms with E-state index in [9.17, 15) is 8.42 Å². The summed E-state index contributed by atoms with van der Waals surface area (Å²) >= 11 is 5.91. The largest absolute Gasteiger partial charge is 0.366 e. The normalized spacial score (nSPS) is 11.8. The van der Waals surface area contributed by atoms with E-state index in [-0.39, 0.29) is 5.75 Å². The molecule has 0 atom stereocenters. The lowest BCUT2D eigenvalue weighted by Crippen LogP contribution is -2.37. The maximum absolute atomic E-state index is 12.3. The Morgan fingerprint density at radius 3 is 2.25 bits per heavy atom. The van der Waals surface area contributed by atoms with Gasteiger partial charge in [-0.1, -0.05) is 32.9 Å². The molecule has 0 saturated heterocycles. The molecule has 0 radical (unpaired) electrons. The molecule has 3 nitrogen and oxygen atoms in total. The minimum atomic E-state index is -3.23. The Morgan fingerprint density at radius 1 is 1.15 bits per heavy atom. The Kier molecular flexibility index (Phi) is 6.83. The first kappa shape index (κ1) is 17.3. The van der Waals surface area contributed by atoms with Gasteiger partial charge in [0, 0.05) is 18.5 Å². The molecule has 0 bridgehead atoms. The minimum Gasteiger partial charge on any atom is -0.366 e. The summed E-state index contributed by atoms with van der Waals surface area (Å²) in [4.78, 5) is 2.55. The van der Waals surface area contributed by atoms with Gasteiger partial charge in [-0.05, 0) is 25.0 Å². The van der Waals surface area contributed by atoms with Crippen LogP contribution in [0.3, 0.4) is 0 Å². The predicted octanol–water partition coefficient (Wildman–Crippen LogP) is 3.71. The van der Waals surface area contributed by atoms with Crippen LogP contribution in [0.15, 0.2) is 29.2 Å². The molecule has 1 rings (SSSR count). The number of benzene rings is 1. The van der Waals surface area contributed by atoms with Crippen LogP contribution in [0.5, 0.6) is 0 Å². The first-order valence-corrected chi connectivity index (χ1v) is 9.34. The SMILES string of the molecule is CCC(CC)N(CCCl)c1ccccc1S(=O)(=O)CC. The van der Waals surface area contributed by atoms with Gasteiger partial charge in [0.2, 0.25) is 0 Å². The first-order valence-electron chi connectivity index (χ1n) is 7.16. The van der Waals surface area contributed by atoms with Gasteiger partial charge < -0.3 is 4.90 Å². The van der Waals surface area contributed by atoms with Gasteiger partial charge in [0.15, 0.2) is 9.84 Å². The molecule has 0 aliphatic rings. The van der Waals surface area contributed by atoms with E-state index in [0.717, 1.165) is 18.5 Å². The van der Waals surface area contributed by atoms with Crippen LogP contribution >= 0.6 is 11.6 Å². The van der Waals surface area contributed by atoms with Crippen LogP contribution in [-0.4, -0.2) is 32.6 Å². The summed E-state index contributed by atoms with van der Waals surface area (Å²) < 4.78 is 24.5. The fourth-order valence-corrected chi connectivity index (χ4v) is 3.72. The monoisotopic (exact) mass is 317 g/mol. The molecule has 1 aromatic rings. The van der Waals surface area contributed by atoms with Crippen LogP contribution in [0.1, 0.15) is 33.6 Å². The van der Waals surface area contributed by atoms with Crippen molar-refractivity contribution in [1.29, 1.82) is 0 Å². The van der Waals surface area contributed by atoms with Crippen LogP contribution in [0, 0.1) is 0 Å². The Labute approximate surface area is 127 Å². The van der Waals surface area contributed by atoms with Crippen molar-refractivity contribution in [2.45, 2.75) is 44.6 Å². The second kappa shape index (κ2) is 7.89. The van der Waals surface area contributed by atoms with Gasteiger partial charge in [-0.25, -0.2) is 8.42 Å². The zero-order chi connectivity index (χ0) is 15.2. The molecule has 114 valence electrons. The molecule has 0 saturated carbocycles. The quantitative estimate of drug-likeness (QED) is 0.686. The van der Waals surface area contributed by atoms with Crippen LogP contribution in [-0.2, 0) is 9.84 Å². The third-order valence-corrected chi connectivity index (χ3v) is 5.54. The lowest BCUT2D eigenvalue weighted by molar-refractivity contribution is 0.561. The fourth-order valence-electron chi connectivity index (χ4n) is 2.43. The molecule has 0 heterocycles. The highest BCUT2D eigenvalue weighted by Gasteiger charge is 2.23. The van der Waals surface area contributed by atoms with Crippen LogP contribution in [0.4, 0.5) is 5.69 Å². The van der Waals surface area contributed by atoms with Crippen LogP contribution < -0.4 is 4.90 Å². The smallest absolute Gasteiger partial charge is 0.180 e. The fraction of sp³-hybridized carbons (Fsp3) is 0.600. The molecule has 0 aliphatic carbocycles. The second-order valence-corrected chi connectivity index (χ2v) is 7.35. The van der Waals surface area contributed by atoms with Gasteiger partial charge in [0.25, 0.3) is 0 Å². The number of halogens is 1. The molecule has 1 aromatic carbocycles. The maximum atomic E-state index is 12.3. The highest BCUT2D eigenvalue weighted by atomic mass is 35.5. The maximum Gasteiger partial charge on any atom is 0.180 e. The number of hydrogen-bond acceptors (Lipinski definition) is 3. The van der Waals surface area contributed by atoms with Crippen LogP contribution in [0.25, 0.3) is 0 Å². The van der Waals surface area contributed by atoms with E-state index in [2.05, 4.69) is 18.7 Å². The Bertz CT molecular complexity index is 512. The average Bonchev–Trinajstić information content (AvgIpc) is 2.47. The topological polar surface area (TPSA) is 37.4 Å². The lowest BCUT2D eigenvalue weighted by atomic mass is 10.1. The summed E-state index contributed by atoms with van der Waals surface area (Å²) in [5, 5.41) is 0. The van der Waals surface area contributed by atoms with E-state index in [4.69, 9.17) is 11.6 Å². The zero-order valence-corrected chi connectivity index (χ0v) is 14.0. The predicted molar refractivity (Wildman–Crippen MR) is 86.6 cm³/mol. The zero-order valence-electron chi connectivity index (χ0n) is 12.5. The van der Waals surface area contributed by atoms with E-state index in [1.165, 1.54) is 0 Å². The van der Waals surface area contributed by atoms with Gasteiger partial charge in [-0.2, -0.15) is 0 Å². The van der Waals surface area contributed by atoms with Crippen molar-refractivity contribution >= 4 is 27.1 Å². The van der Waals surface area contributed by atoms with E-state index in [1.807, 2.05) is 12.1 Å². The van der Waals surface area contributed by atoms with E-state index >= 15 is 0 Å². The molecule has 5 heteroatoms. The number of rotatable bonds is 8. The molecule has 0 unspecified atom stereocenters. The molecule has 20 heavy (non-hydrogen) atoms. The number of alkyl halides is 1. The summed E-state index contributed by atoms with van der Waals surface area (Å²) in [6, 6.07) is 7.54. The standard InChI is InChI=1S/C15H24ClNO2S/c1-4-13(5-2)17(12-11-16)14-9-7-8-10-15(14)20(18,19)6-3/h7-10,13H,4-6,11-12H2,1-3H3. The summed E-state index contributed by atoms with van der Waals surface area (Å²) in [5.74, 6) is 0.596. The summed E-state index contributed by atoms with van der Waals surface area (Å²) in [6.45, 7) is 6.57. The van der Waals surface area contributed by atoms with E-state index in [0.29, 0.717) is 23.4 Å². The van der Waals surface area contributed by atoms with E-state index in [1.54, 1.807) is 19.1 Å². The van der Waals surface area contributed by atoms with Gasteiger partial charge >= 0.3 is 0 Å². The van der Waals surface area contributed by atoms with E-state index < -0.39 is 9.84 Å². The van der Waals surface area contributed by atoms with Crippen molar-refractivity contribution in [3.8, 4) is 0 Å². The van der Waals surface area contributed by atoms with Crippen molar-refractivity contribution in [3.05, 3.63) is 24.3 Å². The van der Waals surface area contributed by atoms with Crippen molar-refractivity contribution < 1.29 is 8.42 Å². The molecule has 0 aliphatic heterocycles. The molecule has 0 N–H and O–H groups in total. The molecular formula is C15H24ClNO2S. The second-order valence-electron chi connectivity index (χ2n) is 4.72. The minimum absolute atomic E-state index is 0.113. The molecule has 0 amide bonds. The van der Waals surface area contributed by atoms with Gasteiger partial charge in [0.1, 0.15) is 0 Å².